The van der Waals surface area contributed by atoms with Crippen molar-refractivity contribution in [1.82, 2.24) is 14.9 Å². The van der Waals surface area contributed by atoms with Crippen molar-refractivity contribution < 1.29 is 5.11 Å². The van der Waals surface area contributed by atoms with Crippen molar-refractivity contribution in [2.24, 2.45) is 0 Å². The molecular formula is C20H24N4O2S. The number of nitrogens with one attached hydrogen (secondary N) is 2. The Labute approximate surface area is 162 Å². The molecule has 0 amide bonds. The van der Waals surface area contributed by atoms with Gasteiger partial charge in [-0.2, -0.15) is 16.3 Å². The molecule has 1 aromatic carbocycles. The molecule has 6 nitrogen and oxygen atoms in total. The van der Waals surface area contributed by atoms with Gasteiger partial charge in [0.25, 0.3) is 5.56 Å². The highest BCUT2D eigenvalue weighted by molar-refractivity contribution is 7.07. The van der Waals surface area contributed by atoms with Gasteiger partial charge in [0, 0.05) is 30.8 Å². The Kier molecular flexibility index (Phi) is 6.26. The van der Waals surface area contributed by atoms with Gasteiger partial charge in [-0.25, -0.2) is 0 Å². The third-order valence-corrected chi connectivity index (χ3v) is 5.15. The van der Waals surface area contributed by atoms with E-state index >= 15 is 0 Å². The number of thiophene rings is 1. The quantitative estimate of drug-likeness (QED) is 0.556. The van der Waals surface area contributed by atoms with E-state index in [-0.39, 0.29) is 17.4 Å². The molecule has 1 atom stereocenters. The molecule has 2 aromatic heterocycles. The summed E-state index contributed by atoms with van der Waals surface area (Å²) >= 11 is 1.64. The number of hydrogen-bond donors (Lipinski definition) is 3. The number of rotatable bonds is 8. The summed E-state index contributed by atoms with van der Waals surface area (Å²) < 4.78 is 0. The first-order valence-corrected chi connectivity index (χ1v) is 9.73. The van der Waals surface area contributed by atoms with E-state index in [1.165, 1.54) is 5.56 Å². The average molecular weight is 385 g/mol. The number of aromatic amines is 1. The van der Waals surface area contributed by atoms with E-state index in [0.717, 1.165) is 17.7 Å². The fourth-order valence-corrected chi connectivity index (χ4v) is 3.52. The molecule has 0 bridgehead atoms. The van der Waals surface area contributed by atoms with E-state index in [1.807, 2.05) is 31.6 Å². The van der Waals surface area contributed by atoms with Gasteiger partial charge in [-0.05, 0) is 60.6 Å². The monoisotopic (exact) mass is 384 g/mol. The molecule has 0 spiro atoms. The van der Waals surface area contributed by atoms with Crippen LogP contribution in [0.3, 0.4) is 0 Å². The van der Waals surface area contributed by atoms with E-state index in [1.54, 1.807) is 29.5 Å². The molecule has 0 unspecified atom stereocenters. The van der Waals surface area contributed by atoms with Crippen molar-refractivity contribution in [3.63, 3.8) is 0 Å². The van der Waals surface area contributed by atoms with Gasteiger partial charge in [0.2, 0.25) is 5.95 Å². The van der Waals surface area contributed by atoms with Crippen LogP contribution in [0.5, 0.6) is 5.75 Å². The van der Waals surface area contributed by atoms with Crippen LogP contribution in [0, 0.1) is 0 Å². The van der Waals surface area contributed by atoms with Crippen LogP contribution in [0.4, 0.5) is 5.95 Å². The number of aromatic nitrogens is 2. The fraction of sp³-hybridized carbons (Fsp3) is 0.300. The normalized spacial score (nSPS) is 12.3. The lowest BCUT2D eigenvalue weighted by molar-refractivity contribution is 0.303. The summed E-state index contributed by atoms with van der Waals surface area (Å²) in [4.78, 5) is 21.3. The first-order chi connectivity index (χ1) is 13.0. The molecule has 0 saturated carbocycles. The van der Waals surface area contributed by atoms with Crippen LogP contribution >= 0.6 is 11.3 Å². The average Bonchev–Trinajstić information content (AvgIpc) is 3.12. The second-order valence-electron chi connectivity index (χ2n) is 6.77. The van der Waals surface area contributed by atoms with Gasteiger partial charge in [-0.1, -0.05) is 12.1 Å². The summed E-state index contributed by atoms with van der Waals surface area (Å²) in [6, 6.07) is 11.0. The number of aromatic hydroxyl groups is 1. The third kappa shape index (κ3) is 5.67. The zero-order valence-corrected chi connectivity index (χ0v) is 16.3. The first-order valence-electron chi connectivity index (χ1n) is 8.79. The molecule has 3 N–H and O–H groups in total. The zero-order valence-electron chi connectivity index (χ0n) is 15.5. The maximum atomic E-state index is 11.9. The van der Waals surface area contributed by atoms with E-state index in [9.17, 15) is 9.90 Å². The van der Waals surface area contributed by atoms with Gasteiger partial charge in [-0.3, -0.25) is 4.79 Å². The van der Waals surface area contributed by atoms with Crippen LogP contribution < -0.4 is 10.9 Å². The summed E-state index contributed by atoms with van der Waals surface area (Å²) in [6.07, 6.45) is 1.50. The fourth-order valence-electron chi connectivity index (χ4n) is 2.86. The zero-order chi connectivity index (χ0) is 19.2. The van der Waals surface area contributed by atoms with Gasteiger partial charge < -0.3 is 20.3 Å². The molecule has 3 aromatic rings. The van der Waals surface area contributed by atoms with Gasteiger partial charge in [0.1, 0.15) is 5.75 Å². The number of nitrogens with zero attached hydrogens (tertiary/aromatic N) is 2. The van der Waals surface area contributed by atoms with Gasteiger partial charge in [0.15, 0.2) is 0 Å². The summed E-state index contributed by atoms with van der Waals surface area (Å²) in [6.45, 7) is 0.638. The molecule has 7 heteroatoms. The summed E-state index contributed by atoms with van der Waals surface area (Å²) in [5, 5.41) is 16.8. The molecule has 27 heavy (non-hydrogen) atoms. The van der Waals surface area contributed by atoms with Gasteiger partial charge >= 0.3 is 0 Å². The van der Waals surface area contributed by atoms with Crippen LogP contribution in [0.15, 0.2) is 52.0 Å². The smallest absolute Gasteiger partial charge is 0.274 e. The van der Waals surface area contributed by atoms with E-state index in [2.05, 4.69) is 31.6 Å². The molecule has 0 saturated heterocycles. The molecule has 0 fully saturated rings. The number of phenols is 1. The van der Waals surface area contributed by atoms with Gasteiger partial charge in [0.05, 0.1) is 0 Å². The SMILES string of the molecule is CN(C)[C@@H](CNc1nc(=O)cc(Cc2ccsc2)[nH]1)Cc1ccc(O)cc1. The minimum Gasteiger partial charge on any atom is -0.508 e. The van der Waals surface area contributed by atoms with Crippen LogP contribution in [-0.2, 0) is 12.8 Å². The predicted octanol–water partition coefficient (Wildman–Crippen LogP) is 2.71. The number of likely N-dealkylation sites (N-methyl/N-ethyl adjacent to an activating group) is 1. The lowest BCUT2D eigenvalue weighted by Gasteiger charge is -2.25. The highest BCUT2D eigenvalue weighted by atomic mass is 32.1. The first kappa shape index (κ1) is 19.1. The van der Waals surface area contributed by atoms with E-state index in [4.69, 9.17) is 0 Å². The Morgan fingerprint density at radius 2 is 2.00 bits per heavy atom. The summed E-state index contributed by atoms with van der Waals surface area (Å²) in [7, 11) is 4.05. The van der Waals surface area contributed by atoms with Crippen molar-refractivity contribution in [1.29, 1.82) is 0 Å². The molecule has 2 heterocycles. The maximum Gasteiger partial charge on any atom is 0.274 e. The Hall–Kier alpha value is -2.64. The minimum absolute atomic E-state index is 0.209. The Balaban J connectivity index is 1.66. The Morgan fingerprint density at radius 1 is 1.22 bits per heavy atom. The topological polar surface area (TPSA) is 81.2 Å². The largest absolute Gasteiger partial charge is 0.508 e. The van der Waals surface area contributed by atoms with E-state index < -0.39 is 0 Å². The third-order valence-electron chi connectivity index (χ3n) is 4.42. The summed E-state index contributed by atoms with van der Waals surface area (Å²) in [5.41, 5.74) is 2.91. The van der Waals surface area contributed by atoms with Crippen molar-refractivity contribution >= 4 is 17.3 Å². The molecular weight excluding hydrogens is 360 g/mol. The van der Waals surface area contributed by atoms with Crippen molar-refractivity contribution in [3.8, 4) is 5.75 Å². The molecule has 0 radical (unpaired) electrons. The Bertz CT molecular complexity index is 904. The van der Waals surface area contributed by atoms with Crippen LogP contribution in [0.2, 0.25) is 0 Å². The van der Waals surface area contributed by atoms with Crippen molar-refractivity contribution in [2.45, 2.75) is 18.9 Å². The highest BCUT2D eigenvalue weighted by Crippen LogP contribution is 2.14. The second kappa shape index (κ2) is 8.83. The van der Waals surface area contributed by atoms with Crippen LogP contribution in [0.25, 0.3) is 0 Å². The Morgan fingerprint density at radius 3 is 2.67 bits per heavy atom. The minimum atomic E-state index is -0.249. The number of hydrogen-bond acceptors (Lipinski definition) is 6. The summed E-state index contributed by atoms with van der Waals surface area (Å²) in [5.74, 6) is 0.757. The van der Waals surface area contributed by atoms with Crippen LogP contribution in [0.1, 0.15) is 16.8 Å². The predicted molar refractivity (Wildman–Crippen MR) is 110 cm³/mol. The molecule has 3 rings (SSSR count). The van der Waals surface area contributed by atoms with Crippen molar-refractivity contribution in [3.05, 3.63) is 74.3 Å². The van der Waals surface area contributed by atoms with Crippen LogP contribution in [-0.4, -0.2) is 46.7 Å². The number of phenolic OH excluding ortho intramolecular Hbond substituents is 1. The van der Waals surface area contributed by atoms with Gasteiger partial charge in [-0.15, -0.1) is 0 Å². The lowest BCUT2D eigenvalue weighted by Crippen LogP contribution is -2.37. The molecule has 0 aliphatic carbocycles. The second-order valence-corrected chi connectivity index (χ2v) is 7.55. The highest BCUT2D eigenvalue weighted by Gasteiger charge is 2.13. The molecule has 0 aliphatic rings. The number of anilines is 1. The number of H-pyrrole nitrogens is 1. The molecule has 0 aliphatic heterocycles. The standard InChI is InChI=1S/C20H24N4O2S/c1-24(2)17(10-14-3-5-18(25)6-4-14)12-21-20-22-16(11-19(26)23-20)9-15-7-8-27-13-15/h3-8,11,13,17,25H,9-10,12H2,1-2H3,(H2,21,22,23,26)/t17-/m1/s1. The number of benzene rings is 1. The lowest BCUT2D eigenvalue weighted by atomic mass is 10.1. The maximum absolute atomic E-state index is 11.9. The van der Waals surface area contributed by atoms with Crippen molar-refractivity contribution in [2.75, 3.05) is 26.0 Å². The molecule has 142 valence electrons. The van der Waals surface area contributed by atoms with E-state index in [0.29, 0.717) is 18.9 Å².